The highest BCUT2D eigenvalue weighted by molar-refractivity contribution is 6.30. The van der Waals surface area contributed by atoms with Gasteiger partial charge in [0.2, 0.25) is 0 Å². The molecule has 1 aliphatic rings. The fraction of sp³-hybridized carbons (Fsp3) is 0.350. The van der Waals surface area contributed by atoms with E-state index in [9.17, 15) is 4.79 Å². The van der Waals surface area contributed by atoms with Crippen LogP contribution in [0.1, 0.15) is 35.2 Å². The molecule has 0 saturated carbocycles. The van der Waals surface area contributed by atoms with E-state index in [-0.39, 0.29) is 5.78 Å². The third-order valence-electron chi connectivity index (χ3n) is 4.49. The summed E-state index contributed by atoms with van der Waals surface area (Å²) >= 11 is 5.89. The number of likely N-dealkylation sites (tertiary alicyclic amines) is 1. The molecule has 120 valence electrons. The number of hydrogen-bond acceptors (Lipinski definition) is 2. The number of carbonyl (C=O) groups is 1. The molecule has 1 fully saturated rings. The average Bonchev–Trinajstić information content (AvgIpc) is 2.57. The van der Waals surface area contributed by atoms with Crippen LogP contribution in [0.2, 0.25) is 5.02 Å². The van der Waals surface area contributed by atoms with Crippen molar-refractivity contribution < 1.29 is 4.79 Å². The zero-order valence-electron chi connectivity index (χ0n) is 13.2. The molecule has 1 aliphatic heterocycles. The maximum atomic E-state index is 12.4. The summed E-state index contributed by atoms with van der Waals surface area (Å²) in [6.45, 7) is 3.11. The molecule has 1 saturated heterocycles. The second-order valence-corrected chi connectivity index (χ2v) is 6.80. The molecule has 0 amide bonds. The van der Waals surface area contributed by atoms with E-state index in [1.807, 2.05) is 18.2 Å². The summed E-state index contributed by atoms with van der Waals surface area (Å²) in [4.78, 5) is 14.9. The van der Waals surface area contributed by atoms with E-state index < -0.39 is 0 Å². The number of hydrogen-bond donors (Lipinski definition) is 0. The van der Waals surface area contributed by atoms with Crippen molar-refractivity contribution in [3.63, 3.8) is 0 Å². The van der Waals surface area contributed by atoms with Gasteiger partial charge in [0.05, 0.1) is 0 Å². The Balaban J connectivity index is 1.56. The molecule has 0 spiro atoms. The number of carbonyl (C=O) groups excluding carboxylic acids is 1. The van der Waals surface area contributed by atoms with E-state index in [1.54, 1.807) is 12.1 Å². The highest BCUT2D eigenvalue weighted by Gasteiger charge is 2.22. The fourth-order valence-electron chi connectivity index (χ4n) is 3.32. The van der Waals surface area contributed by atoms with Crippen LogP contribution in [0.3, 0.4) is 0 Å². The number of benzene rings is 2. The largest absolute Gasteiger partial charge is 0.299 e. The van der Waals surface area contributed by atoms with E-state index >= 15 is 0 Å². The van der Waals surface area contributed by atoms with E-state index in [1.165, 1.54) is 12.0 Å². The van der Waals surface area contributed by atoms with Crippen molar-refractivity contribution in [2.75, 3.05) is 13.1 Å². The molecule has 3 rings (SSSR count). The van der Waals surface area contributed by atoms with Crippen molar-refractivity contribution in [1.82, 2.24) is 4.90 Å². The summed E-state index contributed by atoms with van der Waals surface area (Å²) in [5.41, 5.74) is 2.12. The first-order chi connectivity index (χ1) is 11.2. The van der Waals surface area contributed by atoms with E-state index in [4.69, 9.17) is 11.6 Å². The number of ketones is 1. The summed E-state index contributed by atoms with van der Waals surface area (Å²) in [6.07, 6.45) is 2.95. The maximum Gasteiger partial charge on any atom is 0.163 e. The van der Waals surface area contributed by atoms with Crippen LogP contribution >= 0.6 is 11.6 Å². The van der Waals surface area contributed by atoms with Crippen LogP contribution in [0, 0.1) is 5.92 Å². The molecule has 0 N–H and O–H groups in total. The van der Waals surface area contributed by atoms with Crippen LogP contribution in [0.5, 0.6) is 0 Å². The summed E-state index contributed by atoms with van der Waals surface area (Å²) in [5, 5.41) is 0.674. The zero-order valence-corrected chi connectivity index (χ0v) is 14.0. The summed E-state index contributed by atoms with van der Waals surface area (Å²) < 4.78 is 0. The molecule has 0 aromatic heterocycles. The van der Waals surface area contributed by atoms with Crippen LogP contribution in [0.15, 0.2) is 54.6 Å². The minimum Gasteiger partial charge on any atom is -0.299 e. The predicted molar refractivity (Wildman–Crippen MR) is 94.8 cm³/mol. The molecular weight excluding hydrogens is 306 g/mol. The molecule has 3 heteroatoms. The van der Waals surface area contributed by atoms with Gasteiger partial charge in [0.25, 0.3) is 0 Å². The number of Topliss-reactive ketones (excluding diaryl/α,β-unsaturated/α-hetero) is 1. The topological polar surface area (TPSA) is 20.3 Å². The van der Waals surface area contributed by atoms with Gasteiger partial charge in [0.15, 0.2) is 5.78 Å². The van der Waals surface area contributed by atoms with E-state index in [2.05, 4.69) is 29.2 Å². The van der Waals surface area contributed by atoms with Crippen molar-refractivity contribution in [3.05, 3.63) is 70.7 Å². The van der Waals surface area contributed by atoms with Crippen molar-refractivity contribution in [1.29, 1.82) is 0 Å². The van der Waals surface area contributed by atoms with E-state index in [0.717, 1.165) is 31.6 Å². The molecule has 23 heavy (non-hydrogen) atoms. The first-order valence-corrected chi connectivity index (χ1v) is 8.63. The second-order valence-electron chi connectivity index (χ2n) is 6.36. The van der Waals surface area contributed by atoms with Gasteiger partial charge in [-0.1, -0.05) is 41.9 Å². The molecular formula is C20H22ClNO. The lowest BCUT2D eigenvalue weighted by atomic mass is 9.90. The van der Waals surface area contributed by atoms with Crippen LogP contribution in [-0.4, -0.2) is 23.8 Å². The third-order valence-corrected chi connectivity index (χ3v) is 4.74. The van der Waals surface area contributed by atoms with Gasteiger partial charge in [0.1, 0.15) is 0 Å². The van der Waals surface area contributed by atoms with E-state index in [0.29, 0.717) is 17.4 Å². The Labute approximate surface area is 143 Å². The highest BCUT2D eigenvalue weighted by Crippen LogP contribution is 2.23. The molecule has 2 aromatic carbocycles. The number of rotatable bonds is 5. The van der Waals surface area contributed by atoms with Crippen molar-refractivity contribution >= 4 is 17.4 Å². The molecule has 0 radical (unpaired) electrons. The van der Waals surface area contributed by atoms with Gasteiger partial charge in [-0.15, -0.1) is 0 Å². The standard InChI is InChI=1S/C20H22ClNO/c21-19-10-8-18(9-11-19)20(23)13-17-7-4-12-22(15-17)14-16-5-2-1-3-6-16/h1-3,5-6,8-11,17H,4,7,12-15H2. The van der Waals surface area contributed by atoms with Gasteiger partial charge in [-0.3, -0.25) is 9.69 Å². The summed E-state index contributed by atoms with van der Waals surface area (Å²) in [7, 11) is 0. The highest BCUT2D eigenvalue weighted by atomic mass is 35.5. The van der Waals surface area contributed by atoms with Crippen LogP contribution in [0.4, 0.5) is 0 Å². The van der Waals surface area contributed by atoms with Crippen LogP contribution in [-0.2, 0) is 6.54 Å². The smallest absolute Gasteiger partial charge is 0.163 e. The Morgan fingerprint density at radius 1 is 1.09 bits per heavy atom. The number of nitrogens with zero attached hydrogens (tertiary/aromatic N) is 1. The first kappa shape index (κ1) is 16.2. The number of halogens is 1. The predicted octanol–water partition coefficient (Wildman–Crippen LogP) is 4.83. The maximum absolute atomic E-state index is 12.4. The Morgan fingerprint density at radius 2 is 1.83 bits per heavy atom. The third kappa shape index (κ3) is 4.66. The monoisotopic (exact) mass is 327 g/mol. The Hall–Kier alpha value is -1.64. The molecule has 2 nitrogen and oxygen atoms in total. The van der Waals surface area contributed by atoms with Gasteiger partial charge in [0, 0.05) is 30.1 Å². The lowest BCUT2D eigenvalue weighted by molar-refractivity contribution is 0.0913. The lowest BCUT2D eigenvalue weighted by Crippen LogP contribution is -2.35. The van der Waals surface area contributed by atoms with Gasteiger partial charge >= 0.3 is 0 Å². The van der Waals surface area contributed by atoms with Gasteiger partial charge in [-0.25, -0.2) is 0 Å². The first-order valence-electron chi connectivity index (χ1n) is 8.26. The van der Waals surface area contributed by atoms with Gasteiger partial charge < -0.3 is 0 Å². The molecule has 0 aliphatic carbocycles. The van der Waals surface area contributed by atoms with Crippen LogP contribution < -0.4 is 0 Å². The normalized spacial score (nSPS) is 18.7. The number of piperidine rings is 1. The van der Waals surface area contributed by atoms with Crippen molar-refractivity contribution in [2.45, 2.75) is 25.8 Å². The average molecular weight is 328 g/mol. The Morgan fingerprint density at radius 3 is 2.57 bits per heavy atom. The quantitative estimate of drug-likeness (QED) is 0.733. The van der Waals surface area contributed by atoms with Crippen LogP contribution in [0.25, 0.3) is 0 Å². The fourth-order valence-corrected chi connectivity index (χ4v) is 3.44. The molecule has 1 heterocycles. The Kier molecular flexibility index (Phi) is 5.47. The summed E-state index contributed by atoms with van der Waals surface area (Å²) in [5.74, 6) is 0.684. The Bertz CT molecular complexity index is 638. The molecule has 0 bridgehead atoms. The zero-order chi connectivity index (χ0) is 16.1. The molecule has 1 atom stereocenters. The minimum absolute atomic E-state index is 0.230. The lowest BCUT2D eigenvalue weighted by Gasteiger charge is -2.32. The van der Waals surface area contributed by atoms with Gasteiger partial charge in [-0.05, 0) is 55.1 Å². The minimum atomic E-state index is 0.230. The molecule has 1 unspecified atom stereocenters. The summed E-state index contributed by atoms with van der Waals surface area (Å²) in [6, 6.07) is 17.8. The van der Waals surface area contributed by atoms with Crippen molar-refractivity contribution in [2.24, 2.45) is 5.92 Å². The van der Waals surface area contributed by atoms with Gasteiger partial charge in [-0.2, -0.15) is 0 Å². The molecule has 2 aromatic rings. The van der Waals surface area contributed by atoms with Crippen molar-refractivity contribution in [3.8, 4) is 0 Å². The second kappa shape index (κ2) is 7.76. The SMILES string of the molecule is O=C(CC1CCCN(Cc2ccccc2)C1)c1ccc(Cl)cc1.